The van der Waals surface area contributed by atoms with Crippen molar-refractivity contribution in [3.05, 3.63) is 21.9 Å². The second-order valence-corrected chi connectivity index (χ2v) is 8.74. The molecule has 1 heterocycles. The molecule has 3 heteroatoms. The van der Waals surface area contributed by atoms with Crippen LogP contribution in [0.5, 0.6) is 0 Å². The Bertz CT molecular complexity index is 388. The van der Waals surface area contributed by atoms with Crippen LogP contribution in [0.4, 0.5) is 0 Å². The quantitative estimate of drug-likeness (QED) is 0.813. The van der Waals surface area contributed by atoms with Gasteiger partial charge in [-0.15, -0.1) is 23.1 Å². The van der Waals surface area contributed by atoms with Crippen LogP contribution in [0.15, 0.2) is 12.1 Å². The van der Waals surface area contributed by atoms with Crippen LogP contribution in [0, 0.1) is 12.8 Å². The van der Waals surface area contributed by atoms with E-state index in [1.807, 2.05) is 11.3 Å². The molecule has 0 saturated heterocycles. The van der Waals surface area contributed by atoms with Crippen LogP contribution in [0.1, 0.15) is 61.0 Å². The molecule has 4 atom stereocenters. The third-order valence-corrected chi connectivity index (χ3v) is 7.07. The average Bonchev–Trinajstić information content (AvgIpc) is 2.81. The summed E-state index contributed by atoms with van der Waals surface area (Å²) in [7, 11) is 0. The zero-order valence-electron chi connectivity index (χ0n) is 12.4. The van der Waals surface area contributed by atoms with Crippen molar-refractivity contribution in [3.63, 3.8) is 0 Å². The molecule has 1 aliphatic carbocycles. The normalized spacial score (nSPS) is 27.2. The van der Waals surface area contributed by atoms with E-state index in [1.54, 1.807) is 0 Å². The number of hydrogen-bond acceptors (Lipinski definition) is 3. The minimum atomic E-state index is 0.292. The zero-order chi connectivity index (χ0) is 13.8. The maximum atomic E-state index is 6.40. The van der Waals surface area contributed by atoms with Gasteiger partial charge in [0, 0.05) is 21.0 Å². The summed E-state index contributed by atoms with van der Waals surface area (Å²) >= 11 is 4.08. The number of hydrogen-bond donors (Lipinski definition) is 1. The van der Waals surface area contributed by atoms with E-state index in [2.05, 4.69) is 44.7 Å². The molecule has 2 rings (SSSR count). The summed E-state index contributed by atoms with van der Waals surface area (Å²) in [6, 6.07) is 4.82. The van der Waals surface area contributed by atoms with E-state index in [4.69, 9.17) is 5.73 Å². The Kier molecular flexibility index (Phi) is 5.79. The number of thioether (sulfide) groups is 1. The first kappa shape index (κ1) is 15.4. The first-order valence-electron chi connectivity index (χ1n) is 7.57. The van der Waals surface area contributed by atoms with Gasteiger partial charge in [-0.2, -0.15) is 0 Å². The molecular weight excluding hydrogens is 270 g/mol. The van der Waals surface area contributed by atoms with E-state index < -0.39 is 0 Å². The second-order valence-electron chi connectivity index (χ2n) is 5.97. The molecule has 0 amide bonds. The minimum Gasteiger partial charge on any atom is -0.326 e. The summed E-state index contributed by atoms with van der Waals surface area (Å²) in [5.74, 6) is 0.898. The van der Waals surface area contributed by atoms with E-state index in [1.165, 1.54) is 35.4 Å². The Morgan fingerprint density at radius 2 is 2.21 bits per heavy atom. The largest absolute Gasteiger partial charge is 0.326 e. The molecule has 0 bridgehead atoms. The molecule has 0 spiro atoms. The smallest absolute Gasteiger partial charge is 0.0544 e. The highest BCUT2D eigenvalue weighted by atomic mass is 32.2. The molecule has 1 fully saturated rings. The van der Waals surface area contributed by atoms with Crippen LogP contribution < -0.4 is 5.73 Å². The van der Waals surface area contributed by atoms with Crippen LogP contribution in [0.2, 0.25) is 0 Å². The first-order valence-corrected chi connectivity index (χ1v) is 9.33. The zero-order valence-corrected chi connectivity index (χ0v) is 14.0. The van der Waals surface area contributed by atoms with Gasteiger partial charge in [-0.05, 0) is 44.2 Å². The van der Waals surface area contributed by atoms with Crippen LogP contribution in [0.3, 0.4) is 0 Å². The molecule has 2 N–H and O–H groups in total. The van der Waals surface area contributed by atoms with Gasteiger partial charge in [0.1, 0.15) is 0 Å². The number of thiophene rings is 1. The molecule has 0 aromatic carbocycles. The van der Waals surface area contributed by atoms with E-state index >= 15 is 0 Å². The van der Waals surface area contributed by atoms with Gasteiger partial charge >= 0.3 is 0 Å². The average molecular weight is 298 g/mol. The Labute approximate surface area is 126 Å². The molecule has 4 unspecified atom stereocenters. The lowest BCUT2D eigenvalue weighted by molar-refractivity contribution is 0.393. The van der Waals surface area contributed by atoms with Gasteiger partial charge < -0.3 is 5.73 Å². The van der Waals surface area contributed by atoms with Crippen molar-refractivity contribution >= 4 is 23.1 Å². The molecule has 1 aliphatic rings. The van der Waals surface area contributed by atoms with E-state index in [-0.39, 0.29) is 0 Å². The summed E-state index contributed by atoms with van der Waals surface area (Å²) in [5.41, 5.74) is 6.40. The van der Waals surface area contributed by atoms with Crippen molar-refractivity contribution in [2.45, 2.75) is 69.4 Å². The lowest BCUT2D eigenvalue weighted by Crippen LogP contribution is -2.28. The lowest BCUT2D eigenvalue weighted by Gasteiger charge is -2.31. The summed E-state index contributed by atoms with van der Waals surface area (Å²) < 4.78 is 0. The van der Waals surface area contributed by atoms with Crippen LogP contribution in [0.25, 0.3) is 0 Å². The number of nitrogens with two attached hydrogens (primary N) is 1. The van der Waals surface area contributed by atoms with Gasteiger partial charge in [0.15, 0.2) is 0 Å². The SMILES string of the molecule is CCC(N)C(SC1CCCC(C)C1)c1ccc(C)s1. The third kappa shape index (κ3) is 4.24. The highest BCUT2D eigenvalue weighted by molar-refractivity contribution is 8.00. The fourth-order valence-electron chi connectivity index (χ4n) is 2.91. The van der Waals surface area contributed by atoms with E-state index in [0.29, 0.717) is 11.3 Å². The summed E-state index contributed by atoms with van der Waals surface area (Å²) in [6.45, 7) is 6.80. The number of aryl methyl sites for hydroxylation is 1. The predicted octanol–water partition coefficient (Wildman–Crippen LogP) is 5.15. The van der Waals surface area contributed by atoms with Gasteiger partial charge in [0.25, 0.3) is 0 Å². The monoisotopic (exact) mass is 297 g/mol. The third-order valence-electron chi connectivity index (χ3n) is 4.13. The van der Waals surface area contributed by atoms with Gasteiger partial charge in [0.2, 0.25) is 0 Å². The molecule has 19 heavy (non-hydrogen) atoms. The van der Waals surface area contributed by atoms with Crippen molar-refractivity contribution in [1.29, 1.82) is 0 Å². The molecule has 108 valence electrons. The van der Waals surface area contributed by atoms with Crippen molar-refractivity contribution in [3.8, 4) is 0 Å². The van der Waals surface area contributed by atoms with Crippen LogP contribution in [-0.4, -0.2) is 11.3 Å². The Balaban J connectivity index is 2.05. The standard InChI is InChI=1S/C16H27NS2/c1-4-14(17)16(15-9-8-12(3)18-15)19-13-7-5-6-11(2)10-13/h8-9,11,13-14,16H,4-7,10,17H2,1-3H3. The van der Waals surface area contributed by atoms with Crippen molar-refractivity contribution in [2.24, 2.45) is 11.7 Å². The van der Waals surface area contributed by atoms with Crippen LogP contribution >= 0.6 is 23.1 Å². The maximum absolute atomic E-state index is 6.40. The Morgan fingerprint density at radius 1 is 1.42 bits per heavy atom. The van der Waals surface area contributed by atoms with Crippen molar-refractivity contribution in [1.82, 2.24) is 0 Å². The van der Waals surface area contributed by atoms with Gasteiger partial charge in [-0.1, -0.05) is 26.7 Å². The van der Waals surface area contributed by atoms with Crippen molar-refractivity contribution in [2.75, 3.05) is 0 Å². The molecule has 0 radical (unpaired) electrons. The molecular formula is C16H27NS2. The molecule has 1 aromatic heterocycles. The maximum Gasteiger partial charge on any atom is 0.0544 e. The Morgan fingerprint density at radius 3 is 2.79 bits per heavy atom. The van der Waals surface area contributed by atoms with Crippen LogP contribution in [-0.2, 0) is 0 Å². The summed E-state index contributed by atoms with van der Waals surface area (Å²) in [5, 5.41) is 1.31. The highest BCUT2D eigenvalue weighted by Crippen LogP contribution is 2.43. The first-order chi connectivity index (χ1) is 9.10. The molecule has 1 saturated carbocycles. The second kappa shape index (κ2) is 7.14. The highest BCUT2D eigenvalue weighted by Gasteiger charge is 2.27. The molecule has 1 aromatic rings. The fraction of sp³-hybridized carbons (Fsp3) is 0.750. The summed E-state index contributed by atoms with van der Waals surface area (Å²) in [4.78, 5) is 2.89. The van der Waals surface area contributed by atoms with Crippen molar-refractivity contribution < 1.29 is 0 Å². The number of rotatable bonds is 5. The minimum absolute atomic E-state index is 0.292. The van der Waals surface area contributed by atoms with Gasteiger partial charge in [-0.25, -0.2) is 0 Å². The lowest BCUT2D eigenvalue weighted by atomic mass is 9.90. The molecule has 1 nitrogen and oxygen atoms in total. The van der Waals surface area contributed by atoms with Gasteiger partial charge in [0.05, 0.1) is 5.25 Å². The fourth-order valence-corrected chi connectivity index (χ4v) is 5.92. The van der Waals surface area contributed by atoms with E-state index in [9.17, 15) is 0 Å². The summed E-state index contributed by atoms with van der Waals surface area (Å²) in [6.07, 6.45) is 6.64. The molecule has 0 aliphatic heterocycles. The topological polar surface area (TPSA) is 26.0 Å². The van der Waals surface area contributed by atoms with Gasteiger partial charge in [-0.3, -0.25) is 0 Å². The predicted molar refractivity (Wildman–Crippen MR) is 89.1 cm³/mol. The Hall–Kier alpha value is 0.01000. The van der Waals surface area contributed by atoms with E-state index in [0.717, 1.165) is 17.6 Å².